The molecule has 1 N–H and O–H groups in total. The number of ether oxygens (including phenoxy) is 1. The SMILES string of the molecule is COc1cccc(-c2nc(CC(=O)N3CCCC(C(=O)O)C3)cs2)c1. The van der Waals surface area contributed by atoms with Crippen molar-refractivity contribution in [2.75, 3.05) is 20.2 Å². The molecule has 2 aromatic rings. The topological polar surface area (TPSA) is 79.7 Å². The predicted molar refractivity (Wildman–Crippen MR) is 94.7 cm³/mol. The Labute approximate surface area is 150 Å². The first-order valence-corrected chi connectivity index (χ1v) is 9.04. The van der Waals surface area contributed by atoms with Crippen molar-refractivity contribution in [3.63, 3.8) is 0 Å². The summed E-state index contributed by atoms with van der Waals surface area (Å²) in [7, 11) is 1.62. The zero-order valence-electron chi connectivity index (χ0n) is 14.0. The summed E-state index contributed by atoms with van der Waals surface area (Å²) in [6.07, 6.45) is 1.57. The van der Waals surface area contributed by atoms with Gasteiger partial charge in [-0.15, -0.1) is 11.3 Å². The fraction of sp³-hybridized carbons (Fsp3) is 0.389. The molecule has 0 spiro atoms. The van der Waals surface area contributed by atoms with E-state index >= 15 is 0 Å². The van der Waals surface area contributed by atoms with Gasteiger partial charge in [-0.1, -0.05) is 12.1 Å². The highest BCUT2D eigenvalue weighted by molar-refractivity contribution is 7.13. The summed E-state index contributed by atoms with van der Waals surface area (Å²) in [5.74, 6) is -0.584. The van der Waals surface area contributed by atoms with Crippen molar-refractivity contribution < 1.29 is 19.4 Å². The van der Waals surface area contributed by atoms with Crippen LogP contribution in [0.3, 0.4) is 0 Å². The highest BCUT2D eigenvalue weighted by Crippen LogP contribution is 2.27. The van der Waals surface area contributed by atoms with E-state index in [0.29, 0.717) is 25.2 Å². The molecule has 1 unspecified atom stereocenters. The Morgan fingerprint density at radius 1 is 1.44 bits per heavy atom. The molecule has 0 radical (unpaired) electrons. The number of hydrogen-bond donors (Lipinski definition) is 1. The van der Waals surface area contributed by atoms with Crippen molar-refractivity contribution in [2.45, 2.75) is 19.3 Å². The molecule has 25 heavy (non-hydrogen) atoms. The maximum Gasteiger partial charge on any atom is 0.308 e. The van der Waals surface area contributed by atoms with E-state index in [-0.39, 0.29) is 12.3 Å². The Hall–Kier alpha value is -2.41. The van der Waals surface area contributed by atoms with E-state index in [1.165, 1.54) is 11.3 Å². The Kier molecular flexibility index (Phi) is 5.33. The van der Waals surface area contributed by atoms with E-state index in [1.807, 2.05) is 29.6 Å². The zero-order valence-corrected chi connectivity index (χ0v) is 14.8. The quantitative estimate of drug-likeness (QED) is 0.887. The molecule has 1 amide bonds. The van der Waals surface area contributed by atoms with Gasteiger partial charge in [-0.2, -0.15) is 0 Å². The number of nitrogens with zero attached hydrogens (tertiary/aromatic N) is 2. The standard InChI is InChI=1S/C18H20N2O4S/c1-24-15-6-2-4-12(8-15)17-19-14(11-25-17)9-16(21)20-7-3-5-13(10-20)18(22)23/h2,4,6,8,11,13H,3,5,7,9-10H2,1H3,(H,22,23). The van der Waals surface area contributed by atoms with Crippen molar-refractivity contribution in [3.8, 4) is 16.3 Å². The van der Waals surface area contributed by atoms with Gasteiger partial charge >= 0.3 is 5.97 Å². The van der Waals surface area contributed by atoms with Crippen LogP contribution in [0.2, 0.25) is 0 Å². The molecule has 6 nitrogen and oxygen atoms in total. The second-order valence-corrected chi connectivity index (χ2v) is 6.93. The lowest BCUT2D eigenvalue weighted by Crippen LogP contribution is -2.43. The third-order valence-corrected chi connectivity index (χ3v) is 5.26. The Morgan fingerprint density at radius 2 is 2.28 bits per heavy atom. The molecule has 1 fully saturated rings. The molecule has 1 aromatic carbocycles. The van der Waals surface area contributed by atoms with E-state index in [0.717, 1.165) is 22.7 Å². The Balaban J connectivity index is 1.66. The summed E-state index contributed by atoms with van der Waals surface area (Å²) >= 11 is 1.48. The summed E-state index contributed by atoms with van der Waals surface area (Å²) < 4.78 is 5.22. The highest BCUT2D eigenvalue weighted by atomic mass is 32.1. The number of benzene rings is 1. The van der Waals surface area contributed by atoms with Gasteiger partial charge in [-0.25, -0.2) is 4.98 Å². The third kappa shape index (κ3) is 4.17. The number of methoxy groups -OCH3 is 1. The number of piperidine rings is 1. The van der Waals surface area contributed by atoms with Crippen molar-refractivity contribution in [1.29, 1.82) is 0 Å². The summed E-state index contributed by atoms with van der Waals surface area (Å²) in [6.45, 7) is 0.913. The number of aliphatic carboxylic acids is 1. The predicted octanol–water partition coefficient (Wildman–Crippen LogP) is 2.68. The second kappa shape index (κ2) is 7.65. The minimum absolute atomic E-state index is 0.0616. The number of aromatic nitrogens is 1. The van der Waals surface area contributed by atoms with Crippen LogP contribution in [-0.2, 0) is 16.0 Å². The van der Waals surface area contributed by atoms with Gasteiger partial charge in [0.1, 0.15) is 10.8 Å². The van der Waals surface area contributed by atoms with Gasteiger partial charge in [0, 0.05) is 24.0 Å². The zero-order chi connectivity index (χ0) is 17.8. The number of amides is 1. The second-order valence-electron chi connectivity index (χ2n) is 6.07. The molecule has 132 valence electrons. The van der Waals surface area contributed by atoms with Gasteiger partial charge in [-0.3, -0.25) is 9.59 Å². The molecule has 1 aromatic heterocycles. The summed E-state index contributed by atoms with van der Waals surface area (Å²) in [6, 6.07) is 7.64. The molecular weight excluding hydrogens is 340 g/mol. The van der Waals surface area contributed by atoms with Crippen LogP contribution in [0, 0.1) is 5.92 Å². The van der Waals surface area contributed by atoms with E-state index in [9.17, 15) is 9.59 Å². The lowest BCUT2D eigenvalue weighted by Gasteiger charge is -2.30. The number of carbonyl (C=O) groups excluding carboxylic acids is 1. The van der Waals surface area contributed by atoms with Gasteiger partial charge < -0.3 is 14.7 Å². The average molecular weight is 360 g/mol. The summed E-state index contributed by atoms with van der Waals surface area (Å²) in [5.41, 5.74) is 1.66. The molecule has 1 aliphatic heterocycles. The van der Waals surface area contributed by atoms with E-state index < -0.39 is 11.9 Å². The van der Waals surface area contributed by atoms with E-state index in [1.54, 1.807) is 12.0 Å². The maximum absolute atomic E-state index is 12.5. The lowest BCUT2D eigenvalue weighted by molar-refractivity contribution is -0.145. The minimum Gasteiger partial charge on any atom is -0.497 e. The van der Waals surface area contributed by atoms with E-state index in [2.05, 4.69) is 4.98 Å². The first-order valence-electron chi connectivity index (χ1n) is 8.16. The smallest absolute Gasteiger partial charge is 0.308 e. The molecule has 1 saturated heterocycles. The molecule has 0 saturated carbocycles. The van der Waals surface area contributed by atoms with Crippen molar-refractivity contribution >= 4 is 23.2 Å². The fourth-order valence-electron chi connectivity index (χ4n) is 2.95. The molecule has 7 heteroatoms. The van der Waals surface area contributed by atoms with Crippen LogP contribution in [0.4, 0.5) is 0 Å². The van der Waals surface area contributed by atoms with Crippen molar-refractivity contribution in [3.05, 3.63) is 35.3 Å². The number of likely N-dealkylation sites (tertiary alicyclic amines) is 1. The number of carboxylic acids is 1. The molecule has 1 aliphatic rings. The molecule has 0 bridgehead atoms. The van der Waals surface area contributed by atoms with Gasteiger partial charge in [0.15, 0.2) is 0 Å². The van der Waals surface area contributed by atoms with Gasteiger partial charge in [-0.05, 0) is 25.0 Å². The number of thiazole rings is 1. The van der Waals surface area contributed by atoms with Crippen LogP contribution in [-0.4, -0.2) is 47.1 Å². The number of carboxylic acid groups (broad SMARTS) is 1. The average Bonchev–Trinajstić information content (AvgIpc) is 3.10. The number of rotatable bonds is 5. The number of carbonyl (C=O) groups is 2. The van der Waals surface area contributed by atoms with Crippen LogP contribution in [0.5, 0.6) is 5.75 Å². The normalized spacial score (nSPS) is 17.3. The first-order chi connectivity index (χ1) is 12.1. The van der Waals surface area contributed by atoms with Gasteiger partial charge in [0.2, 0.25) is 5.91 Å². The summed E-state index contributed by atoms with van der Waals surface area (Å²) in [5, 5.41) is 11.9. The van der Waals surface area contributed by atoms with Crippen LogP contribution >= 0.6 is 11.3 Å². The first kappa shape index (κ1) is 17.4. The largest absolute Gasteiger partial charge is 0.497 e. The van der Waals surface area contributed by atoms with E-state index in [4.69, 9.17) is 9.84 Å². The molecule has 3 rings (SSSR count). The molecule has 2 heterocycles. The van der Waals surface area contributed by atoms with Crippen LogP contribution in [0.1, 0.15) is 18.5 Å². The highest BCUT2D eigenvalue weighted by Gasteiger charge is 2.28. The lowest BCUT2D eigenvalue weighted by atomic mass is 9.98. The Bertz CT molecular complexity index is 774. The van der Waals surface area contributed by atoms with Gasteiger partial charge in [0.25, 0.3) is 0 Å². The fourth-order valence-corrected chi connectivity index (χ4v) is 3.77. The Morgan fingerprint density at radius 3 is 3.04 bits per heavy atom. The molecular formula is C18H20N2O4S. The van der Waals surface area contributed by atoms with Crippen LogP contribution in [0.15, 0.2) is 29.6 Å². The minimum atomic E-state index is -0.827. The molecule has 1 atom stereocenters. The van der Waals surface area contributed by atoms with Gasteiger partial charge in [0.05, 0.1) is 25.1 Å². The summed E-state index contributed by atoms with van der Waals surface area (Å²) in [4.78, 5) is 29.8. The van der Waals surface area contributed by atoms with Crippen molar-refractivity contribution in [1.82, 2.24) is 9.88 Å². The monoisotopic (exact) mass is 360 g/mol. The van der Waals surface area contributed by atoms with Crippen LogP contribution in [0.25, 0.3) is 10.6 Å². The van der Waals surface area contributed by atoms with Crippen molar-refractivity contribution in [2.24, 2.45) is 5.92 Å². The van der Waals surface area contributed by atoms with Crippen LogP contribution < -0.4 is 4.74 Å². The third-order valence-electron chi connectivity index (χ3n) is 4.32. The molecule has 0 aliphatic carbocycles. The maximum atomic E-state index is 12.5. The number of hydrogen-bond acceptors (Lipinski definition) is 5.